The van der Waals surface area contributed by atoms with Gasteiger partial charge in [0.1, 0.15) is 6.04 Å². The lowest BCUT2D eigenvalue weighted by atomic mass is 10.0. The topological polar surface area (TPSA) is 88.1 Å². The van der Waals surface area contributed by atoms with Gasteiger partial charge in [0.25, 0.3) is 0 Å². The molecule has 132 valence electrons. The maximum absolute atomic E-state index is 5.93. The van der Waals surface area contributed by atoms with Crippen molar-refractivity contribution >= 4 is 11.5 Å². The van der Waals surface area contributed by atoms with Crippen molar-refractivity contribution in [2.45, 2.75) is 32.2 Å². The first kappa shape index (κ1) is 15.1. The number of anilines is 1. The van der Waals surface area contributed by atoms with E-state index in [1.165, 1.54) is 0 Å². The van der Waals surface area contributed by atoms with Crippen molar-refractivity contribution in [1.82, 2.24) is 29.8 Å². The Bertz CT molecular complexity index is 1030. The summed E-state index contributed by atoms with van der Waals surface area (Å²) >= 11 is 0. The molecule has 0 fully saturated rings. The molecule has 1 unspecified atom stereocenters. The average Bonchev–Trinajstić information content (AvgIpc) is 3.37. The molecule has 0 bridgehead atoms. The molecule has 1 N–H and O–H groups in total. The van der Waals surface area contributed by atoms with Crippen LogP contribution in [0.2, 0.25) is 0 Å². The normalized spacial score (nSPS) is 17.2. The number of pyridine rings is 1. The van der Waals surface area contributed by atoms with Crippen LogP contribution in [0, 0.1) is 0 Å². The van der Waals surface area contributed by atoms with E-state index in [9.17, 15) is 0 Å². The Morgan fingerprint density at radius 3 is 3.00 bits per heavy atom. The first-order chi connectivity index (χ1) is 12.7. The summed E-state index contributed by atoms with van der Waals surface area (Å²) in [5, 5.41) is 13.2. The van der Waals surface area contributed by atoms with Gasteiger partial charge in [0.05, 0.1) is 23.2 Å². The number of aromatic amines is 1. The quantitative estimate of drug-likeness (QED) is 0.612. The maximum Gasteiger partial charge on any atom is 0.319 e. The molecule has 0 aromatic carbocycles. The van der Waals surface area contributed by atoms with Crippen molar-refractivity contribution in [1.29, 1.82) is 0 Å². The van der Waals surface area contributed by atoms with Crippen LogP contribution in [0.4, 0.5) is 6.01 Å². The first-order valence-corrected chi connectivity index (χ1v) is 8.77. The zero-order valence-electron chi connectivity index (χ0n) is 14.6. The van der Waals surface area contributed by atoms with E-state index in [2.05, 4.69) is 31.1 Å². The Morgan fingerprint density at radius 1 is 1.27 bits per heavy atom. The Morgan fingerprint density at radius 2 is 2.19 bits per heavy atom. The van der Waals surface area contributed by atoms with Gasteiger partial charge in [-0.2, -0.15) is 5.10 Å². The van der Waals surface area contributed by atoms with E-state index in [4.69, 9.17) is 9.52 Å². The van der Waals surface area contributed by atoms with Crippen LogP contribution in [0.5, 0.6) is 0 Å². The molecule has 26 heavy (non-hydrogen) atoms. The standard InChI is InChI=1S/C18H19N7O/c1-11(2)17-21-22-18(26-17)24-8-6-13-15(20-10-19-13)16(24)14-9-12-5-3-4-7-25(12)23-14/h3-5,7,9-11,16H,6,8H2,1-2H3,(H,19,20). The number of hydrogen-bond acceptors (Lipinski definition) is 6. The number of fused-ring (bicyclic) bond motifs is 2. The van der Waals surface area contributed by atoms with Gasteiger partial charge in [-0.3, -0.25) is 0 Å². The van der Waals surface area contributed by atoms with Crippen molar-refractivity contribution in [2.75, 3.05) is 11.4 Å². The molecular formula is C18H19N7O. The van der Waals surface area contributed by atoms with E-state index >= 15 is 0 Å². The van der Waals surface area contributed by atoms with Gasteiger partial charge in [-0.1, -0.05) is 25.0 Å². The van der Waals surface area contributed by atoms with E-state index in [0.29, 0.717) is 11.9 Å². The van der Waals surface area contributed by atoms with Gasteiger partial charge in [-0.05, 0) is 18.2 Å². The second-order valence-electron chi connectivity index (χ2n) is 6.83. The summed E-state index contributed by atoms with van der Waals surface area (Å²) in [4.78, 5) is 9.91. The van der Waals surface area contributed by atoms with Crippen molar-refractivity contribution in [3.05, 3.63) is 59.8 Å². The summed E-state index contributed by atoms with van der Waals surface area (Å²) in [6.07, 6.45) is 4.53. The van der Waals surface area contributed by atoms with Crippen molar-refractivity contribution in [3.63, 3.8) is 0 Å². The molecule has 0 aliphatic carbocycles. The third-order valence-electron chi connectivity index (χ3n) is 4.76. The second kappa shape index (κ2) is 5.69. The van der Waals surface area contributed by atoms with Crippen LogP contribution in [0.3, 0.4) is 0 Å². The fourth-order valence-electron chi connectivity index (χ4n) is 3.45. The van der Waals surface area contributed by atoms with Crippen LogP contribution in [-0.4, -0.2) is 36.3 Å². The molecular weight excluding hydrogens is 330 g/mol. The summed E-state index contributed by atoms with van der Waals surface area (Å²) < 4.78 is 7.81. The van der Waals surface area contributed by atoms with Crippen LogP contribution in [0.25, 0.3) is 5.52 Å². The summed E-state index contributed by atoms with van der Waals surface area (Å²) in [6.45, 7) is 4.84. The van der Waals surface area contributed by atoms with Gasteiger partial charge in [-0.25, -0.2) is 9.50 Å². The summed E-state index contributed by atoms with van der Waals surface area (Å²) in [6, 6.07) is 8.45. The van der Waals surface area contributed by atoms with Crippen LogP contribution in [0.1, 0.15) is 48.8 Å². The van der Waals surface area contributed by atoms with E-state index < -0.39 is 0 Å². The smallest absolute Gasteiger partial charge is 0.319 e. The highest BCUT2D eigenvalue weighted by atomic mass is 16.4. The second-order valence-corrected chi connectivity index (χ2v) is 6.83. The molecule has 5 heterocycles. The Hall–Kier alpha value is -3.16. The molecule has 1 aliphatic heterocycles. The fraction of sp³-hybridized carbons (Fsp3) is 0.333. The minimum Gasteiger partial charge on any atom is -0.408 e. The van der Waals surface area contributed by atoms with Gasteiger partial charge < -0.3 is 14.3 Å². The number of aromatic nitrogens is 6. The number of hydrogen-bond donors (Lipinski definition) is 1. The Balaban J connectivity index is 1.63. The van der Waals surface area contributed by atoms with E-state index in [0.717, 1.165) is 35.6 Å². The van der Waals surface area contributed by atoms with E-state index in [1.54, 1.807) is 6.33 Å². The van der Waals surface area contributed by atoms with Crippen molar-refractivity contribution < 1.29 is 4.42 Å². The Kier molecular flexibility index (Phi) is 3.31. The maximum atomic E-state index is 5.93. The molecule has 0 radical (unpaired) electrons. The monoisotopic (exact) mass is 349 g/mol. The third kappa shape index (κ3) is 2.29. The van der Waals surface area contributed by atoms with Crippen LogP contribution < -0.4 is 4.90 Å². The zero-order chi connectivity index (χ0) is 17.7. The number of imidazole rings is 1. The SMILES string of the molecule is CC(C)c1nnc(N2CCc3[nH]cnc3C2c2cc3ccccn3n2)o1. The van der Waals surface area contributed by atoms with Crippen LogP contribution >= 0.6 is 0 Å². The van der Waals surface area contributed by atoms with Gasteiger partial charge in [0.2, 0.25) is 5.89 Å². The highest BCUT2D eigenvalue weighted by Crippen LogP contribution is 2.36. The van der Waals surface area contributed by atoms with Gasteiger partial charge in [0, 0.05) is 30.8 Å². The molecule has 0 saturated carbocycles. The minimum absolute atomic E-state index is 0.162. The summed E-state index contributed by atoms with van der Waals surface area (Å²) in [5.74, 6) is 0.831. The fourth-order valence-corrected chi connectivity index (χ4v) is 3.45. The van der Waals surface area contributed by atoms with Gasteiger partial charge in [-0.15, -0.1) is 5.10 Å². The van der Waals surface area contributed by atoms with Crippen molar-refractivity contribution in [3.8, 4) is 0 Å². The third-order valence-corrected chi connectivity index (χ3v) is 4.76. The largest absolute Gasteiger partial charge is 0.408 e. The molecule has 5 rings (SSSR count). The van der Waals surface area contributed by atoms with E-state index in [-0.39, 0.29) is 12.0 Å². The molecule has 1 atom stereocenters. The highest BCUT2D eigenvalue weighted by Gasteiger charge is 2.35. The lowest BCUT2D eigenvalue weighted by Crippen LogP contribution is -2.36. The zero-order valence-corrected chi connectivity index (χ0v) is 14.6. The minimum atomic E-state index is -0.162. The molecule has 0 spiro atoms. The number of nitrogens with zero attached hydrogens (tertiary/aromatic N) is 6. The molecule has 4 aromatic rings. The molecule has 8 nitrogen and oxygen atoms in total. The molecule has 8 heteroatoms. The van der Waals surface area contributed by atoms with Gasteiger partial charge >= 0.3 is 6.01 Å². The van der Waals surface area contributed by atoms with Crippen molar-refractivity contribution in [2.24, 2.45) is 0 Å². The van der Waals surface area contributed by atoms with Gasteiger partial charge in [0.15, 0.2) is 0 Å². The molecule has 0 saturated heterocycles. The van der Waals surface area contributed by atoms with Crippen LogP contribution in [0.15, 0.2) is 41.2 Å². The predicted octanol–water partition coefficient (Wildman–Crippen LogP) is 2.72. The lowest BCUT2D eigenvalue weighted by molar-refractivity contribution is 0.446. The summed E-state index contributed by atoms with van der Waals surface area (Å²) in [5.41, 5.74) is 4.04. The molecule has 4 aromatic heterocycles. The number of H-pyrrole nitrogens is 1. The van der Waals surface area contributed by atoms with Crippen LogP contribution in [-0.2, 0) is 6.42 Å². The van der Waals surface area contributed by atoms with E-state index in [1.807, 2.05) is 42.8 Å². The Labute approximate surface area is 149 Å². The first-order valence-electron chi connectivity index (χ1n) is 8.77. The predicted molar refractivity (Wildman–Crippen MR) is 95.1 cm³/mol. The number of rotatable bonds is 3. The highest BCUT2D eigenvalue weighted by molar-refractivity contribution is 5.51. The average molecular weight is 349 g/mol. The lowest BCUT2D eigenvalue weighted by Gasteiger charge is -2.32. The molecule has 1 aliphatic rings. The number of nitrogens with one attached hydrogen (secondary N) is 1. The molecule has 0 amide bonds. The summed E-state index contributed by atoms with van der Waals surface area (Å²) in [7, 11) is 0.